The minimum Gasteiger partial charge on any atom is -0.241 e. The number of pyridine rings is 1. The molecule has 0 N–H and O–H groups in total. The van der Waals surface area contributed by atoms with E-state index >= 15 is 0 Å². The van der Waals surface area contributed by atoms with Gasteiger partial charge in [-0.15, -0.1) is 0 Å². The molecule has 2 heterocycles. The van der Waals surface area contributed by atoms with Gasteiger partial charge in [-0.25, -0.2) is 15.0 Å². The van der Waals surface area contributed by atoms with Crippen molar-refractivity contribution in [2.45, 2.75) is 6.92 Å². The van der Waals surface area contributed by atoms with E-state index in [1.165, 1.54) is 6.07 Å². The van der Waals surface area contributed by atoms with Gasteiger partial charge in [-0.2, -0.15) is 4.39 Å². The SMILES string of the molecule is Cc1ncc(-c2[c]nc(F)cc2)cn1. The molecule has 0 saturated carbocycles. The summed E-state index contributed by atoms with van der Waals surface area (Å²) < 4.78 is 12.5. The van der Waals surface area contributed by atoms with Crippen LogP contribution in [0.2, 0.25) is 0 Å². The zero-order valence-electron chi connectivity index (χ0n) is 7.53. The second kappa shape index (κ2) is 3.49. The van der Waals surface area contributed by atoms with E-state index in [0.29, 0.717) is 11.4 Å². The molecule has 69 valence electrons. The van der Waals surface area contributed by atoms with Crippen LogP contribution in [0.15, 0.2) is 24.5 Å². The molecule has 0 unspecified atom stereocenters. The Morgan fingerprint density at radius 1 is 1.21 bits per heavy atom. The van der Waals surface area contributed by atoms with Crippen molar-refractivity contribution in [2.24, 2.45) is 0 Å². The van der Waals surface area contributed by atoms with Gasteiger partial charge < -0.3 is 0 Å². The predicted octanol–water partition coefficient (Wildman–Crippen LogP) is 1.79. The third kappa shape index (κ3) is 1.74. The molecule has 2 aromatic heterocycles. The highest BCUT2D eigenvalue weighted by Gasteiger charge is 2.00. The zero-order valence-corrected chi connectivity index (χ0v) is 7.53. The first-order chi connectivity index (χ1) is 6.75. The second-order valence-electron chi connectivity index (χ2n) is 2.81. The number of aromatic nitrogens is 3. The zero-order chi connectivity index (χ0) is 9.97. The molecule has 0 saturated heterocycles. The predicted molar refractivity (Wildman–Crippen MR) is 48.8 cm³/mol. The molecule has 2 rings (SSSR count). The van der Waals surface area contributed by atoms with E-state index in [1.54, 1.807) is 25.4 Å². The van der Waals surface area contributed by atoms with Crippen LogP contribution < -0.4 is 0 Å². The summed E-state index contributed by atoms with van der Waals surface area (Å²) in [6.45, 7) is 1.80. The summed E-state index contributed by atoms with van der Waals surface area (Å²) in [5, 5.41) is 0. The van der Waals surface area contributed by atoms with E-state index in [9.17, 15) is 4.39 Å². The topological polar surface area (TPSA) is 38.7 Å². The van der Waals surface area contributed by atoms with Crippen LogP contribution in [0.5, 0.6) is 0 Å². The maximum absolute atomic E-state index is 12.5. The Hall–Kier alpha value is -1.84. The Balaban J connectivity index is 2.40. The van der Waals surface area contributed by atoms with Crippen LogP contribution in [0.25, 0.3) is 11.1 Å². The molecule has 1 radical (unpaired) electrons. The first kappa shape index (κ1) is 8.74. The van der Waals surface area contributed by atoms with Crippen LogP contribution in [0.1, 0.15) is 5.82 Å². The molecule has 14 heavy (non-hydrogen) atoms. The highest BCUT2D eigenvalue weighted by Crippen LogP contribution is 2.15. The highest BCUT2D eigenvalue weighted by molar-refractivity contribution is 5.59. The van der Waals surface area contributed by atoms with Crippen LogP contribution in [-0.2, 0) is 0 Å². The van der Waals surface area contributed by atoms with Gasteiger partial charge >= 0.3 is 0 Å². The molecular formula is C10H7FN3. The molecule has 0 aliphatic carbocycles. The summed E-state index contributed by atoms with van der Waals surface area (Å²) in [5.41, 5.74) is 1.47. The van der Waals surface area contributed by atoms with Crippen LogP contribution >= 0.6 is 0 Å². The molecule has 0 aliphatic rings. The highest BCUT2D eigenvalue weighted by atomic mass is 19.1. The Morgan fingerprint density at radius 3 is 2.50 bits per heavy atom. The summed E-state index contributed by atoms with van der Waals surface area (Å²) in [4.78, 5) is 11.5. The first-order valence-corrected chi connectivity index (χ1v) is 4.09. The molecule has 0 amide bonds. The Labute approximate surface area is 80.7 Å². The average Bonchev–Trinajstić information content (AvgIpc) is 2.21. The van der Waals surface area contributed by atoms with E-state index < -0.39 is 5.95 Å². The van der Waals surface area contributed by atoms with E-state index in [-0.39, 0.29) is 0 Å². The van der Waals surface area contributed by atoms with Gasteiger partial charge in [0, 0.05) is 23.5 Å². The monoisotopic (exact) mass is 188 g/mol. The van der Waals surface area contributed by atoms with Crippen molar-refractivity contribution in [3.8, 4) is 11.1 Å². The van der Waals surface area contributed by atoms with Gasteiger partial charge in [0.2, 0.25) is 5.95 Å². The van der Waals surface area contributed by atoms with Crippen LogP contribution in [0.3, 0.4) is 0 Å². The van der Waals surface area contributed by atoms with Gasteiger partial charge in [-0.05, 0) is 19.1 Å². The molecule has 2 aromatic rings. The molecule has 0 bridgehead atoms. The molecule has 4 heteroatoms. The van der Waals surface area contributed by atoms with E-state index in [4.69, 9.17) is 0 Å². The van der Waals surface area contributed by atoms with Crippen molar-refractivity contribution in [3.05, 3.63) is 42.5 Å². The Kier molecular flexibility index (Phi) is 2.18. The maximum Gasteiger partial charge on any atom is 0.213 e. The smallest absolute Gasteiger partial charge is 0.213 e. The van der Waals surface area contributed by atoms with E-state index in [0.717, 1.165) is 5.56 Å². The molecule has 0 atom stereocenters. The fourth-order valence-electron chi connectivity index (χ4n) is 1.03. The lowest BCUT2D eigenvalue weighted by molar-refractivity contribution is 0.583. The van der Waals surface area contributed by atoms with Gasteiger partial charge in [-0.1, -0.05) is 0 Å². The number of hydrogen-bond acceptors (Lipinski definition) is 3. The summed E-state index contributed by atoms with van der Waals surface area (Å²) in [6, 6.07) is 2.88. The summed E-state index contributed by atoms with van der Waals surface area (Å²) >= 11 is 0. The molecule has 3 nitrogen and oxygen atoms in total. The third-order valence-electron chi connectivity index (χ3n) is 1.76. The van der Waals surface area contributed by atoms with Crippen molar-refractivity contribution < 1.29 is 4.39 Å². The quantitative estimate of drug-likeness (QED) is 0.640. The average molecular weight is 188 g/mol. The van der Waals surface area contributed by atoms with Crippen molar-refractivity contribution in [1.29, 1.82) is 0 Å². The maximum atomic E-state index is 12.5. The van der Waals surface area contributed by atoms with Gasteiger partial charge in [-0.3, -0.25) is 0 Å². The van der Waals surface area contributed by atoms with Gasteiger partial charge in [0.25, 0.3) is 0 Å². The number of aryl methyl sites for hydroxylation is 1. The Morgan fingerprint density at radius 2 is 1.93 bits per heavy atom. The summed E-state index contributed by atoms with van der Waals surface area (Å²) in [6.07, 6.45) is 5.89. The lowest BCUT2D eigenvalue weighted by Crippen LogP contribution is -1.89. The number of rotatable bonds is 1. The third-order valence-corrected chi connectivity index (χ3v) is 1.76. The fourth-order valence-corrected chi connectivity index (χ4v) is 1.03. The van der Waals surface area contributed by atoms with Crippen LogP contribution in [0.4, 0.5) is 4.39 Å². The molecule has 0 fully saturated rings. The Bertz CT molecular complexity index is 379. The van der Waals surface area contributed by atoms with Crippen LogP contribution in [-0.4, -0.2) is 15.0 Å². The number of nitrogens with zero attached hydrogens (tertiary/aromatic N) is 3. The lowest BCUT2D eigenvalue weighted by atomic mass is 10.1. The van der Waals surface area contributed by atoms with Crippen molar-refractivity contribution in [2.75, 3.05) is 0 Å². The summed E-state index contributed by atoms with van der Waals surface area (Å²) in [5.74, 6) is 0.158. The number of halogens is 1. The number of hydrogen-bond donors (Lipinski definition) is 0. The lowest BCUT2D eigenvalue weighted by Gasteiger charge is -1.98. The van der Waals surface area contributed by atoms with Crippen LogP contribution in [0, 0.1) is 19.1 Å². The van der Waals surface area contributed by atoms with E-state index in [2.05, 4.69) is 21.1 Å². The molecule has 0 aromatic carbocycles. The first-order valence-electron chi connectivity index (χ1n) is 4.09. The van der Waals surface area contributed by atoms with E-state index in [1.807, 2.05) is 0 Å². The second-order valence-corrected chi connectivity index (χ2v) is 2.81. The van der Waals surface area contributed by atoms with Crippen molar-refractivity contribution >= 4 is 0 Å². The van der Waals surface area contributed by atoms with Gasteiger partial charge in [0.1, 0.15) is 12.0 Å². The minimum absolute atomic E-state index is 0.540. The largest absolute Gasteiger partial charge is 0.241 e. The van der Waals surface area contributed by atoms with Crippen molar-refractivity contribution in [3.63, 3.8) is 0 Å². The van der Waals surface area contributed by atoms with Crippen molar-refractivity contribution in [1.82, 2.24) is 15.0 Å². The van der Waals surface area contributed by atoms with Gasteiger partial charge in [0.05, 0.1) is 0 Å². The normalized spacial score (nSPS) is 10.1. The van der Waals surface area contributed by atoms with Gasteiger partial charge in [0.15, 0.2) is 0 Å². The molecule has 0 aliphatic heterocycles. The molecular weight excluding hydrogens is 181 g/mol. The minimum atomic E-state index is -0.540. The molecule has 0 spiro atoms. The fraction of sp³-hybridized carbons (Fsp3) is 0.100. The summed E-state index contributed by atoms with van der Waals surface area (Å²) in [7, 11) is 0. The standard InChI is InChI=1S/C10H7FN3/c1-7-12-5-9(6-13-7)8-2-3-10(11)14-4-8/h2-3,5-6H,1H3.